The van der Waals surface area contributed by atoms with Gasteiger partial charge in [-0.05, 0) is 67.1 Å². The van der Waals surface area contributed by atoms with Crippen molar-refractivity contribution >= 4 is 29.2 Å². The number of carbonyl (C=O) groups is 2. The lowest BCUT2D eigenvalue weighted by Gasteiger charge is -2.50. The number of nitrogens with one attached hydrogen (secondary N) is 1. The van der Waals surface area contributed by atoms with Crippen LogP contribution in [0.15, 0.2) is 60.7 Å². The van der Waals surface area contributed by atoms with E-state index in [0.29, 0.717) is 41.5 Å². The largest absolute Gasteiger partial charge is 0.467 e. The first kappa shape index (κ1) is 25.0. The highest BCUT2D eigenvalue weighted by molar-refractivity contribution is 6.30. The molecule has 1 N–H and O–H groups in total. The normalized spacial score (nSPS) is 23.4. The van der Waals surface area contributed by atoms with Crippen LogP contribution in [0.2, 0.25) is 5.02 Å². The second-order valence-corrected chi connectivity index (χ2v) is 11.2. The van der Waals surface area contributed by atoms with Crippen LogP contribution in [-0.4, -0.2) is 60.4 Å². The Bertz CT molecular complexity index is 1490. The summed E-state index contributed by atoms with van der Waals surface area (Å²) in [5.74, 6) is 2.27. The van der Waals surface area contributed by atoms with Gasteiger partial charge in [0.1, 0.15) is 5.75 Å². The van der Waals surface area contributed by atoms with Crippen LogP contribution < -0.4 is 24.4 Å². The SMILES string of the molecule is CC12CC(NC(=O)N1c1ccc(C(=O)N3CCN(Cc4ccc5c(c4)OCO5)CC3)cc1)c1cc(Cl)ccc1O2. The molecule has 40 heavy (non-hydrogen) atoms. The molecule has 4 heterocycles. The van der Waals surface area contributed by atoms with E-state index in [0.717, 1.165) is 42.3 Å². The second kappa shape index (κ2) is 9.60. The number of hydrogen-bond acceptors (Lipinski definition) is 6. The number of carbonyl (C=O) groups excluding carboxylic acids is 2. The number of amides is 3. The predicted molar refractivity (Wildman–Crippen MR) is 149 cm³/mol. The summed E-state index contributed by atoms with van der Waals surface area (Å²) in [6, 6.07) is 18.3. The first-order chi connectivity index (χ1) is 19.4. The molecule has 0 radical (unpaired) electrons. The smallest absolute Gasteiger partial charge is 0.325 e. The van der Waals surface area contributed by atoms with Crippen LogP contribution in [0, 0.1) is 0 Å². The van der Waals surface area contributed by atoms with E-state index >= 15 is 0 Å². The molecule has 3 aromatic carbocycles. The van der Waals surface area contributed by atoms with Crippen molar-refractivity contribution in [3.05, 3.63) is 82.4 Å². The van der Waals surface area contributed by atoms with Gasteiger partial charge >= 0.3 is 6.03 Å². The number of benzene rings is 3. The summed E-state index contributed by atoms with van der Waals surface area (Å²) >= 11 is 6.18. The van der Waals surface area contributed by atoms with E-state index in [-0.39, 0.29) is 24.8 Å². The summed E-state index contributed by atoms with van der Waals surface area (Å²) in [6.45, 7) is 5.85. The first-order valence-electron chi connectivity index (χ1n) is 13.5. The van der Waals surface area contributed by atoms with Crippen LogP contribution >= 0.6 is 11.6 Å². The number of hydrogen-bond donors (Lipinski definition) is 1. The van der Waals surface area contributed by atoms with Gasteiger partial charge in [0.15, 0.2) is 17.2 Å². The Morgan fingerprint density at radius 3 is 2.52 bits per heavy atom. The molecule has 9 nitrogen and oxygen atoms in total. The number of halogens is 1. The summed E-state index contributed by atoms with van der Waals surface area (Å²) in [5, 5.41) is 3.69. The molecule has 0 spiro atoms. The standard InChI is InChI=1S/C30H29ClN4O5/c1-30-16-24(23-15-21(31)5-9-25(23)40-30)32-29(37)35(30)22-6-3-20(4-7-22)28(36)34-12-10-33(11-13-34)17-19-2-8-26-27(14-19)39-18-38-26/h2-9,14-15,24H,10-13,16-18H2,1H3,(H,32,37). The van der Waals surface area contributed by atoms with Gasteiger partial charge in [0.2, 0.25) is 6.79 Å². The van der Waals surface area contributed by atoms with Crippen molar-refractivity contribution in [2.75, 3.05) is 37.9 Å². The molecule has 0 saturated carbocycles. The zero-order valence-electron chi connectivity index (χ0n) is 22.1. The fourth-order valence-electron chi connectivity index (χ4n) is 6.08. The number of nitrogens with zero attached hydrogens (tertiary/aromatic N) is 3. The van der Waals surface area contributed by atoms with E-state index in [4.69, 9.17) is 25.8 Å². The van der Waals surface area contributed by atoms with Crippen LogP contribution in [0.4, 0.5) is 10.5 Å². The first-order valence-corrected chi connectivity index (χ1v) is 13.8. The Morgan fingerprint density at radius 1 is 0.975 bits per heavy atom. The Morgan fingerprint density at radius 2 is 1.73 bits per heavy atom. The van der Waals surface area contributed by atoms with E-state index in [1.165, 1.54) is 0 Å². The van der Waals surface area contributed by atoms with Crippen molar-refractivity contribution < 1.29 is 23.8 Å². The van der Waals surface area contributed by atoms with Crippen molar-refractivity contribution in [1.29, 1.82) is 0 Å². The molecular formula is C30H29ClN4O5. The molecule has 2 atom stereocenters. The Kier molecular flexibility index (Phi) is 6.01. The quantitative estimate of drug-likeness (QED) is 0.494. The molecule has 0 aliphatic carbocycles. The van der Waals surface area contributed by atoms with Gasteiger partial charge in [-0.1, -0.05) is 17.7 Å². The minimum absolute atomic E-state index is 0.0108. The minimum Gasteiger partial charge on any atom is -0.467 e. The van der Waals surface area contributed by atoms with Crippen molar-refractivity contribution in [3.8, 4) is 17.2 Å². The van der Waals surface area contributed by atoms with Gasteiger partial charge in [0, 0.05) is 61.0 Å². The molecule has 2 unspecified atom stereocenters. The van der Waals surface area contributed by atoms with Gasteiger partial charge in [-0.2, -0.15) is 0 Å². The number of ether oxygens (including phenoxy) is 3. The van der Waals surface area contributed by atoms with Gasteiger partial charge in [-0.25, -0.2) is 4.79 Å². The zero-order chi connectivity index (χ0) is 27.4. The third-order valence-corrected chi connectivity index (χ3v) is 8.34. The highest BCUT2D eigenvalue weighted by atomic mass is 35.5. The van der Waals surface area contributed by atoms with Gasteiger partial charge in [0.05, 0.1) is 6.04 Å². The number of fused-ring (bicyclic) bond motifs is 5. The fourth-order valence-corrected chi connectivity index (χ4v) is 6.26. The second-order valence-electron chi connectivity index (χ2n) is 10.8. The Labute approximate surface area is 237 Å². The topological polar surface area (TPSA) is 83.6 Å². The number of urea groups is 1. The monoisotopic (exact) mass is 560 g/mol. The maximum Gasteiger partial charge on any atom is 0.325 e. The number of rotatable bonds is 4. The van der Waals surface area contributed by atoms with Gasteiger partial charge in [0.25, 0.3) is 5.91 Å². The maximum absolute atomic E-state index is 13.3. The molecule has 206 valence electrons. The molecule has 2 fully saturated rings. The average molecular weight is 561 g/mol. The maximum atomic E-state index is 13.3. The van der Waals surface area contributed by atoms with E-state index in [1.54, 1.807) is 23.1 Å². The lowest BCUT2D eigenvalue weighted by atomic mass is 9.90. The summed E-state index contributed by atoms with van der Waals surface area (Å²) in [6.07, 6.45) is 0.573. The molecule has 0 aromatic heterocycles. The zero-order valence-corrected chi connectivity index (χ0v) is 22.8. The van der Waals surface area contributed by atoms with Crippen LogP contribution in [0.5, 0.6) is 17.2 Å². The average Bonchev–Trinajstić information content (AvgIpc) is 3.42. The Hall–Kier alpha value is -3.95. The van der Waals surface area contributed by atoms with E-state index in [9.17, 15) is 9.59 Å². The molecule has 3 aromatic rings. The van der Waals surface area contributed by atoms with E-state index in [2.05, 4.69) is 16.3 Å². The summed E-state index contributed by atoms with van der Waals surface area (Å²) in [4.78, 5) is 32.3. The summed E-state index contributed by atoms with van der Waals surface area (Å²) in [7, 11) is 0. The molecule has 4 aliphatic rings. The van der Waals surface area contributed by atoms with Crippen LogP contribution in [-0.2, 0) is 6.54 Å². The van der Waals surface area contributed by atoms with Gasteiger partial charge in [-0.3, -0.25) is 14.6 Å². The van der Waals surface area contributed by atoms with Gasteiger partial charge < -0.3 is 24.4 Å². The van der Waals surface area contributed by atoms with Crippen LogP contribution in [0.3, 0.4) is 0 Å². The predicted octanol–water partition coefficient (Wildman–Crippen LogP) is 4.80. The number of piperazine rings is 1. The lowest BCUT2D eigenvalue weighted by molar-refractivity contribution is 0.0379. The van der Waals surface area contributed by atoms with Crippen LogP contribution in [0.1, 0.15) is 40.9 Å². The van der Waals surface area contributed by atoms with Crippen LogP contribution in [0.25, 0.3) is 0 Å². The molecule has 2 bridgehead atoms. The third kappa shape index (κ3) is 4.39. The highest BCUT2D eigenvalue weighted by Crippen LogP contribution is 2.46. The lowest BCUT2D eigenvalue weighted by Crippen LogP contribution is -2.65. The highest BCUT2D eigenvalue weighted by Gasteiger charge is 2.49. The molecule has 2 saturated heterocycles. The minimum atomic E-state index is -0.867. The van der Waals surface area contributed by atoms with Crippen molar-refractivity contribution in [1.82, 2.24) is 15.1 Å². The molecule has 7 rings (SSSR count). The van der Waals surface area contributed by atoms with E-state index < -0.39 is 5.72 Å². The third-order valence-electron chi connectivity index (χ3n) is 8.11. The van der Waals surface area contributed by atoms with Gasteiger partial charge in [-0.15, -0.1) is 0 Å². The molecule has 10 heteroatoms. The number of anilines is 1. The summed E-state index contributed by atoms with van der Waals surface area (Å²) in [5.41, 5.74) is 2.44. The fraction of sp³-hybridized carbons (Fsp3) is 0.333. The van der Waals surface area contributed by atoms with Crippen molar-refractivity contribution in [3.63, 3.8) is 0 Å². The Balaban J connectivity index is 1.00. The van der Waals surface area contributed by atoms with Crippen molar-refractivity contribution in [2.24, 2.45) is 0 Å². The molecular weight excluding hydrogens is 532 g/mol. The molecule has 4 aliphatic heterocycles. The molecule has 3 amide bonds. The van der Waals surface area contributed by atoms with Crippen molar-refractivity contribution in [2.45, 2.75) is 31.7 Å². The summed E-state index contributed by atoms with van der Waals surface area (Å²) < 4.78 is 17.2. The van der Waals surface area contributed by atoms with E-state index in [1.807, 2.05) is 48.2 Å².